The number of rotatable bonds is 11. The van der Waals surface area contributed by atoms with Crippen molar-refractivity contribution in [2.45, 2.75) is 45.4 Å². The number of ether oxygens (including phenoxy) is 1. The normalized spacial score (nSPS) is 10.5. The fourth-order valence-corrected chi connectivity index (χ4v) is 1.68. The monoisotopic (exact) mass is 254 g/mol. The standard InChI is InChI=1S/C10H21O2.H2O.O.Ti/c1-2-3-4-5-6-7-9-12-10-8-11;;;/h2-10H2,1H3;1H2;;/q-1;;;+2/p-1. The third-order valence-corrected chi connectivity index (χ3v) is 2.80. The van der Waals surface area contributed by atoms with Crippen LogP contribution in [0.15, 0.2) is 0 Å². The molecule has 0 atom stereocenters. The minimum absolute atomic E-state index is 0.241. The van der Waals surface area contributed by atoms with Crippen molar-refractivity contribution < 1.29 is 33.7 Å². The summed E-state index contributed by atoms with van der Waals surface area (Å²) in [6, 6.07) is 0. The number of hydrogen-bond acceptors (Lipinski definition) is 3. The second-order valence-electron chi connectivity index (χ2n) is 3.49. The first-order valence-corrected chi connectivity index (χ1v) is 7.68. The summed E-state index contributed by atoms with van der Waals surface area (Å²) in [6.07, 6.45) is 7.47. The van der Waals surface area contributed by atoms with Crippen LogP contribution < -0.4 is 0 Å². The van der Waals surface area contributed by atoms with Gasteiger partial charge in [0, 0.05) is 0 Å². The Morgan fingerprint density at radius 3 is 2.33 bits per heavy atom. The molecule has 0 fully saturated rings. The van der Waals surface area contributed by atoms with Gasteiger partial charge in [0.1, 0.15) is 0 Å². The van der Waals surface area contributed by atoms with E-state index in [-0.39, 0.29) is 6.61 Å². The van der Waals surface area contributed by atoms with E-state index in [1.165, 1.54) is 32.1 Å². The third-order valence-electron chi connectivity index (χ3n) is 2.10. The average molecular weight is 254 g/mol. The summed E-state index contributed by atoms with van der Waals surface area (Å²) in [6.45, 7) is 3.60. The van der Waals surface area contributed by atoms with Crippen molar-refractivity contribution in [3.05, 3.63) is 0 Å². The van der Waals surface area contributed by atoms with Gasteiger partial charge in [0.15, 0.2) is 0 Å². The maximum absolute atomic E-state index is 10.2. The first-order valence-electron chi connectivity index (χ1n) is 5.70. The summed E-state index contributed by atoms with van der Waals surface area (Å²) in [5.74, 6) is 0. The zero-order valence-electron chi connectivity index (χ0n) is 9.54. The van der Waals surface area contributed by atoms with Crippen molar-refractivity contribution in [2.24, 2.45) is 0 Å². The molecule has 0 amide bonds. The molecular formula is C10H22O4Ti. The molecule has 90 valence electrons. The van der Waals surface area contributed by atoms with Crippen LogP contribution in [0.2, 0.25) is 0 Å². The predicted molar refractivity (Wildman–Crippen MR) is 53.1 cm³/mol. The first kappa shape index (κ1) is 15.4. The van der Waals surface area contributed by atoms with Crippen LogP contribution in [0, 0.1) is 0 Å². The molecule has 5 heteroatoms. The van der Waals surface area contributed by atoms with Crippen LogP contribution in [0.1, 0.15) is 45.4 Å². The van der Waals surface area contributed by atoms with Crippen molar-refractivity contribution in [3.63, 3.8) is 0 Å². The van der Waals surface area contributed by atoms with Gasteiger partial charge >= 0.3 is 99.0 Å². The zero-order valence-corrected chi connectivity index (χ0v) is 11.1. The molecule has 0 aromatic heterocycles. The number of unbranched alkanes of at least 4 members (excludes halogenated alkanes) is 5. The summed E-state index contributed by atoms with van der Waals surface area (Å²) >= 11 is -3.31. The molecule has 0 heterocycles. The zero-order chi connectivity index (χ0) is 11.4. The van der Waals surface area contributed by atoms with Crippen LogP contribution in [0.25, 0.3) is 0 Å². The predicted octanol–water partition coefficient (Wildman–Crippen LogP) is 2.17. The Morgan fingerprint density at radius 1 is 1.00 bits per heavy atom. The van der Waals surface area contributed by atoms with Crippen LogP contribution in [0.3, 0.4) is 0 Å². The Balaban J connectivity index is 2.89. The Hall–Kier alpha value is 0.394. The fourth-order valence-electron chi connectivity index (χ4n) is 1.27. The molecule has 0 saturated heterocycles. The van der Waals surface area contributed by atoms with Gasteiger partial charge < -0.3 is 0 Å². The quantitative estimate of drug-likeness (QED) is 0.453. The van der Waals surface area contributed by atoms with Gasteiger partial charge in [-0.25, -0.2) is 0 Å². The van der Waals surface area contributed by atoms with Gasteiger partial charge in [-0.05, 0) is 0 Å². The third kappa shape index (κ3) is 14.4. The van der Waals surface area contributed by atoms with E-state index >= 15 is 0 Å². The Bertz CT molecular complexity index is 152. The average Bonchev–Trinajstić information content (AvgIpc) is 2.20. The summed E-state index contributed by atoms with van der Waals surface area (Å²) < 4.78 is 28.4. The first-order chi connectivity index (χ1) is 7.27. The van der Waals surface area contributed by atoms with Gasteiger partial charge in [-0.1, -0.05) is 0 Å². The van der Waals surface area contributed by atoms with Crippen LogP contribution >= 0.6 is 0 Å². The Morgan fingerprint density at radius 2 is 1.67 bits per heavy atom. The van der Waals surface area contributed by atoms with E-state index < -0.39 is 18.6 Å². The van der Waals surface area contributed by atoms with E-state index in [0.717, 1.165) is 13.0 Å². The van der Waals surface area contributed by atoms with Crippen LogP contribution in [0.5, 0.6) is 0 Å². The second kappa shape index (κ2) is 12.5. The van der Waals surface area contributed by atoms with Crippen LogP contribution in [0.4, 0.5) is 0 Å². The molecular weight excluding hydrogens is 232 g/mol. The van der Waals surface area contributed by atoms with E-state index in [1.54, 1.807) is 0 Å². The van der Waals surface area contributed by atoms with E-state index in [2.05, 4.69) is 10.2 Å². The van der Waals surface area contributed by atoms with Gasteiger partial charge in [0.2, 0.25) is 0 Å². The van der Waals surface area contributed by atoms with Gasteiger partial charge in [-0.2, -0.15) is 0 Å². The van der Waals surface area contributed by atoms with Crippen molar-refractivity contribution >= 4 is 0 Å². The fraction of sp³-hybridized carbons (Fsp3) is 1.00. The minimum atomic E-state index is -3.31. The molecule has 1 N–H and O–H groups in total. The molecule has 15 heavy (non-hydrogen) atoms. The van der Waals surface area contributed by atoms with Crippen molar-refractivity contribution in [2.75, 3.05) is 19.8 Å². The topological polar surface area (TPSA) is 55.8 Å². The van der Waals surface area contributed by atoms with Crippen LogP contribution in [-0.2, 0) is 30.0 Å². The molecule has 4 nitrogen and oxygen atoms in total. The van der Waals surface area contributed by atoms with Gasteiger partial charge in [0.05, 0.1) is 0 Å². The van der Waals surface area contributed by atoms with Gasteiger partial charge in [-0.3, -0.25) is 0 Å². The molecule has 0 aliphatic heterocycles. The summed E-state index contributed by atoms with van der Waals surface area (Å²) in [7, 11) is 0. The van der Waals surface area contributed by atoms with E-state index in [9.17, 15) is 3.32 Å². The summed E-state index contributed by atoms with van der Waals surface area (Å²) in [5.41, 5.74) is 0. The molecule has 0 bridgehead atoms. The second-order valence-corrected chi connectivity index (χ2v) is 4.78. The van der Waals surface area contributed by atoms with E-state index in [4.69, 9.17) is 8.42 Å². The van der Waals surface area contributed by atoms with Crippen molar-refractivity contribution in [3.8, 4) is 0 Å². The Labute approximate surface area is 99.1 Å². The van der Waals surface area contributed by atoms with E-state index in [1.807, 2.05) is 0 Å². The summed E-state index contributed by atoms with van der Waals surface area (Å²) in [5, 5.41) is 0. The molecule has 0 unspecified atom stereocenters. The molecule has 0 aromatic carbocycles. The molecule has 0 saturated carbocycles. The van der Waals surface area contributed by atoms with Crippen molar-refractivity contribution in [1.82, 2.24) is 0 Å². The van der Waals surface area contributed by atoms with Crippen LogP contribution in [-0.4, -0.2) is 23.5 Å². The molecule has 0 aliphatic carbocycles. The number of hydrogen-bond donors (Lipinski definition) is 1. The Kier molecular flexibility index (Phi) is 12.8. The van der Waals surface area contributed by atoms with E-state index in [0.29, 0.717) is 6.61 Å². The van der Waals surface area contributed by atoms with Gasteiger partial charge in [0.25, 0.3) is 0 Å². The van der Waals surface area contributed by atoms with Gasteiger partial charge in [-0.15, -0.1) is 0 Å². The SMILES string of the molecule is CCCCCCCCOCC[O][Ti](=[O])[OH]. The molecule has 0 spiro atoms. The molecule has 0 radical (unpaired) electrons. The molecule has 0 rings (SSSR count). The molecule has 0 aromatic rings. The summed E-state index contributed by atoms with van der Waals surface area (Å²) in [4.78, 5) is 0. The molecule has 0 aliphatic rings. The van der Waals surface area contributed by atoms with Crippen molar-refractivity contribution in [1.29, 1.82) is 0 Å². The maximum atomic E-state index is 10.2.